The van der Waals surface area contributed by atoms with Crippen molar-refractivity contribution in [2.75, 3.05) is 19.0 Å². The number of hydrogen-bond donors (Lipinski definition) is 1. The van der Waals surface area contributed by atoms with Gasteiger partial charge in [0.15, 0.2) is 0 Å². The molecule has 3 heterocycles. The zero-order chi connectivity index (χ0) is 22.1. The fraction of sp³-hybridized carbons (Fsp3) is 0.375. The number of amides is 1. The zero-order valence-electron chi connectivity index (χ0n) is 18.1. The molecule has 1 N–H and O–H groups in total. The number of nitrogens with zero attached hydrogens (tertiary/aromatic N) is 3. The average Bonchev–Trinajstić information content (AvgIpc) is 3.48. The molecule has 5 rings (SSSR count). The molecule has 0 saturated heterocycles. The highest BCUT2D eigenvalue weighted by Gasteiger charge is 2.49. The minimum Gasteiger partial charge on any atom is -0.620 e. The maximum absolute atomic E-state index is 13.4. The molecule has 1 fully saturated rings. The highest BCUT2D eigenvalue weighted by molar-refractivity contribution is 6.09. The van der Waals surface area contributed by atoms with Gasteiger partial charge >= 0.3 is 5.91 Å². The van der Waals surface area contributed by atoms with E-state index in [1.165, 1.54) is 13.1 Å². The molecule has 2 aliphatic heterocycles. The Hall–Kier alpha value is -3.21. The first-order valence-corrected chi connectivity index (χ1v) is 10.4. The van der Waals surface area contributed by atoms with Crippen LogP contribution in [-0.4, -0.2) is 24.5 Å². The number of aryl methyl sites for hydroxylation is 1. The third-order valence-electron chi connectivity index (χ3n) is 6.77. The van der Waals surface area contributed by atoms with Crippen LogP contribution in [0.1, 0.15) is 54.9 Å². The Bertz CT molecular complexity index is 1220. The number of ether oxygens (including phenoxy) is 1. The molecule has 2 atom stereocenters. The first-order valence-electron chi connectivity index (χ1n) is 10.4. The van der Waals surface area contributed by atoms with Gasteiger partial charge in [0.1, 0.15) is 5.69 Å². The summed E-state index contributed by atoms with van der Waals surface area (Å²) in [6, 6.07) is 7.08. The average molecular weight is 416 g/mol. The molecule has 2 aromatic rings. The van der Waals surface area contributed by atoms with Crippen molar-refractivity contribution < 1.29 is 9.53 Å². The summed E-state index contributed by atoms with van der Waals surface area (Å²) in [5, 5.41) is 26.1. The molecule has 1 saturated carbocycles. The predicted octanol–water partition coefficient (Wildman–Crippen LogP) is 4.25. The van der Waals surface area contributed by atoms with Crippen LogP contribution in [0.25, 0.3) is 0 Å². The smallest absolute Gasteiger partial charge is 0.349 e. The molecule has 1 aromatic carbocycles. The minimum atomic E-state index is -1.18. The van der Waals surface area contributed by atoms with Gasteiger partial charge in [-0.15, -0.1) is 0 Å². The topological polar surface area (TPSA) is 98.1 Å². The van der Waals surface area contributed by atoms with Gasteiger partial charge < -0.3 is 15.3 Å². The minimum absolute atomic E-state index is 0.169. The van der Waals surface area contributed by atoms with E-state index in [1.807, 2.05) is 13.8 Å². The van der Waals surface area contributed by atoms with E-state index in [2.05, 4.69) is 23.3 Å². The molecule has 7 nitrogen and oxygen atoms in total. The lowest BCUT2D eigenvalue weighted by atomic mass is 9.76. The number of benzene rings is 1. The summed E-state index contributed by atoms with van der Waals surface area (Å²) in [7, 11) is 1.33. The van der Waals surface area contributed by atoms with Crippen molar-refractivity contribution in [1.29, 1.82) is 5.26 Å². The molecule has 0 bridgehead atoms. The lowest BCUT2D eigenvalue weighted by Gasteiger charge is -2.45. The highest BCUT2D eigenvalue weighted by Crippen LogP contribution is 2.54. The third-order valence-corrected chi connectivity index (χ3v) is 6.77. The Morgan fingerprint density at radius 2 is 2.13 bits per heavy atom. The van der Waals surface area contributed by atoms with Gasteiger partial charge in [-0.2, -0.15) is 5.26 Å². The highest BCUT2D eigenvalue weighted by atomic mass is 16.6. The number of allylic oxidation sites excluding steroid dienone is 1. The lowest BCUT2D eigenvalue weighted by molar-refractivity contribution is -0.123. The van der Waals surface area contributed by atoms with E-state index in [1.54, 1.807) is 18.3 Å². The van der Waals surface area contributed by atoms with Crippen LogP contribution in [0.3, 0.4) is 0 Å². The number of fused-ring (bicyclic) bond motifs is 5. The SMILES string of the molecule is CC1=C2C(=O)[N+](C)([O-])c3cc(C#N)ccc3[C@H]2c2c(OCC3(C)CC3)ncc(C)c2N1. The molecule has 31 heavy (non-hydrogen) atoms. The van der Waals surface area contributed by atoms with E-state index in [-0.39, 0.29) is 5.41 Å². The van der Waals surface area contributed by atoms with Gasteiger partial charge in [0.05, 0.1) is 48.0 Å². The molecule has 3 aliphatic rings. The summed E-state index contributed by atoms with van der Waals surface area (Å²) < 4.78 is 5.02. The molecule has 1 aliphatic carbocycles. The van der Waals surface area contributed by atoms with E-state index in [0.29, 0.717) is 40.6 Å². The van der Waals surface area contributed by atoms with Crippen LogP contribution in [0.4, 0.5) is 11.4 Å². The van der Waals surface area contributed by atoms with E-state index >= 15 is 0 Å². The number of rotatable bonds is 3. The van der Waals surface area contributed by atoms with E-state index in [9.17, 15) is 15.3 Å². The molecule has 1 amide bonds. The lowest BCUT2D eigenvalue weighted by Crippen LogP contribution is -2.51. The molecule has 1 aromatic heterocycles. The van der Waals surface area contributed by atoms with Crippen LogP contribution in [0.2, 0.25) is 0 Å². The molecular weight excluding hydrogens is 392 g/mol. The summed E-state index contributed by atoms with van der Waals surface area (Å²) in [5.74, 6) is -0.521. The maximum atomic E-state index is 13.4. The molecule has 158 valence electrons. The van der Waals surface area contributed by atoms with Crippen LogP contribution in [0.5, 0.6) is 5.88 Å². The quantitative estimate of drug-likeness (QED) is 0.593. The fourth-order valence-corrected chi connectivity index (χ4v) is 4.53. The summed E-state index contributed by atoms with van der Waals surface area (Å²) in [4.78, 5) is 18.0. The van der Waals surface area contributed by atoms with E-state index in [0.717, 1.165) is 29.7 Å². The van der Waals surface area contributed by atoms with Crippen LogP contribution >= 0.6 is 0 Å². The Morgan fingerprint density at radius 1 is 1.39 bits per heavy atom. The second kappa shape index (κ2) is 6.39. The number of likely N-dealkylation sites (N-methyl/N-ethyl adjacent to an activating group) is 1. The van der Waals surface area contributed by atoms with Crippen LogP contribution in [0.15, 0.2) is 35.7 Å². The number of aromatic nitrogens is 1. The number of hydrogen-bond acceptors (Lipinski definition) is 6. The van der Waals surface area contributed by atoms with Crippen molar-refractivity contribution in [3.8, 4) is 11.9 Å². The van der Waals surface area contributed by atoms with Crippen molar-refractivity contribution >= 4 is 17.3 Å². The Morgan fingerprint density at radius 3 is 2.81 bits per heavy atom. The van der Waals surface area contributed by atoms with Gasteiger partial charge in [-0.25, -0.2) is 9.78 Å². The number of carbonyl (C=O) groups is 1. The molecule has 1 unspecified atom stereocenters. The third kappa shape index (κ3) is 2.87. The second-order valence-corrected chi connectivity index (χ2v) is 9.35. The van der Waals surface area contributed by atoms with Crippen molar-refractivity contribution in [2.24, 2.45) is 5.41 Å². The maximum Gasteiger partial charge on any atom is 0.349 e. The summed E-state index contributed by atoms with van der Waals surface area (Å²) in [5.41, 5.74) is 5.19. The van der Waals surface area contributed by atoms with Gasteiger partial charge in [0.25, 0.3) is 0 Å². The first kappa shape index (κ1) is 19.7. The van der Waals surface area contributed by atoms with Crippen LogP contribution in [-0.2, 0) is 4.79 Å². The number of pyridine rings is 1. The summed E-state index contributed by atoms with van der Waals surface area (Å²) in [6.07, 6.45) is 4.02. The number of anilines is 1. The molecular formula is C24H24N4O3. The number of nitrogens with one attached hydrogen (secondary N) is 1. The normalized spacial score (nSPS) is 25.0. The van der Waals surface area contributed by atoms with Crippen molar-refractivity contribution in [1.82, 2.24) is 9.63 Å². The standard InChI is InChI=1S/C24H24N4O3/c1-13-11-26-22(31-12-24(3)7-8-24)20-19-16-6-5-15(10-25)9-17(16)28(4,30)23(29)18(19)14(2)27-21(13)20/h5-6,9,11,19,27H,7-8,12H2,1-4H3/t19-,28?/m1/s1. The Labute approximate surface area is 181 Å². The summed E-state index contributed by atoms with van der Waals surface area (Å²) >= 11 is 0. The van der Waals surface area contributed by atoms with Gasteiger partial charge in [-0.3, -0.25) is 4.65 Å². The Kier molecular flexibility index (Phi) is 4.07. The van der Waals surface area contributed by atoms with Gasteiger partial charge in [-0.05, 0) is 38.3 Å². The predicted molar refractivity (Wildman–Crippen MR) is 117 cm³/mol. The summed E-state index contributed by atoms with van der Waals surface area (Å²) in [6.45, 7) is 6.53. The van der Waals surface area contributed by atoms with Crippen LogP contribution in [0, 0.1) is 28.9 Å². The number of hydroxylamine groups is 2. The second-order valence-electron chi connectivity index (χ2n) is 9.35. The fourth-order valence-electron chi connectivity index (χ4n) is 4.53. The van der Waals surface area contributed by atoms with Crippen molar-refractivity contribution in [3.63, 3.8) is 0 Å². The number of quaternary nitrogens is 1. The number of nitriles is 1. The van der Waals surface area contributed by atoms with Crippen LogP contribution < -0.4 is 14.7 Å². The van der Waals surface area contributed by atoms with E-state index < -0.39 is 16.5 Å². The van der Waals surface area contributed by atoms with Crippen molar-refractivity contribution in [3.05, 3.63) is 63.1 Å². The largest absolute Gasteiger partial charge is 0.620 e. The van der Waals surface area contributed by atoms with Gasteiger partial charge in [-0.1, -0.05) is 13.0 Å². The van der Waals surface area contributed by atoms with Gasteiger partial charge in [0, 0.05) is 28.9 Å². The van der Waals surface area contributed by atoms with E-state index in [4.69, 9.17) is 4.74 Å². The molecule has 7 heteroatoms. The molecule has 0 radical (unpaired) electrons. The first-order chi connectivity index (χ1) is 14.7. The van der Waals surface area contributed by atoms with Gasteiger partial charge in [0.2, 0.25) is 5.88 Å². The van der Waals surface area contributed by atoms with Crippen molar-refractivity contribution in [2.45, 2.75) is 39.5 Å². The molecule has 0 spiro atoms. The number of carbonyl (C=O) groups excluding carboxylic acids is 1. The Balaban J connectivity index is 1.75. The monoisotopic (exact) mass is 416 g/mol. The zero-order valence-corrected chi connectivity index (χ0v) is 18.1.